The van der Waals surface area contributed by atoms with Crippen molar-refractivity contribution in [3.05, 3.63) is 28.8 Å². The number of amides is 1. The largest absolute Gasteiger partial charge is 0.305 e. The average Bonchev–Trinajstić information content (AvgIpc) is 2.59. The highest BCUT2D eigenvalue weighted by Gasteiger charge is 2.28. The molecular weight excluding hydrogens is 228 g/mol. The Hall–Kier alpha value is -1.86. The van der Waals surface area contributed by atoms with Crippen LogP contribution in [0.25, 0.3) is 0 Å². The highest BCUT2D eigenvalue weighted by Crippen LogP contribution is 2.25. The van der Waals surface area contributed by atoms with Gasteiger partial charge in [-0.2, -0.15) is 5.26 Å². The third kappa shape index (κ3) is 1.77. The number of hydrogen-bond donors (Lipinski definition) is 0. The molecule has 2 rings (SSSR count). The highest BCUT2D eigenvalue weighted by molar-refractivity contribution is 6.31. The summed E-state index contributed by atoms with van der Waals surface area (Å²) in [5, 5.41) is 9.14. The van der Waals surface area contributed by atoms with Crippen LogP contribution in [-0.4, -0.2) is 18.2 Å². The van der Waals surface area contributed by atoms with Crippen LogP contribution in [0.1, 0.15) is 12.0 Å². The highest BCUT2D eigenvalue weighted by atomic mass is 35.5. The Morgan fingerprint density at radius 2 is 2.12 bits per heavy atom. The van der Waals surface area contributed by atoms with Gasteiger partial charge in [0, 0.05) is 5.69 Å². The quantitative estimate of drug-likeness (QED) is 0.692. The monoisotopic (exact) mass is 234 g/mol. The van der Waals surface area contributed by atoms with E-state index in [9.17, 15) is 9.59 Å². The first-order valence-electron chi connectivity index (χ1n) is 4.63. The molecule has 1 aliphatic heterocycles. The number of ketones is 1. The van der Waals surface area contributed by atoms with Crippen LogP contribution < -0.4 is 4.90 Å². The third-order valence-electron chi connectivity index (χ3n) is 2.37. The molecule has 0 aromatic heterocycles. The summed E-state index contributed by atoms with van der Waals surface area (Å²) in [6.07, 6.45) is -0.0650. The maximum absolute atomic E-state index is 11.5. The lowest BCUT2D eigenvalue weighted by Gasteiger charge is -2.14. The molecule has 1 saturated heterocycles. The van der Waals surface area contributed by atoms with E-state index in [2.05, 4.69) is 0 Å². The minimum absolute atomic E-state index is 0.0650. The zero-order valence-corrected chi connectivity index (χ0v) is 8.99. The fourth-order valence-corrected chi connectivity index (χ4v) is 1.75. The van der Waals surface area contributed by atoms with Gasteiger partial charge in [0.25, 0.3) is 0 Å². The van der Waals surface area contributed by atoms with E-state index < -0.39 is 0 Å². The molecule has 5 heteroatoms. The molecule has 0 saturated carbocycles. The van der Waals surface area contributed by atoms with E-state index in [0.717, 1.165) is 0 Å². The summed E-state index contributed by atoms with van der Waals surface area (Å²) in [5.41, 5.74) is 0.836. The molecule has 0 radical (unpaired) electrons. The molecule has 1 aromatic carbocycles. The Morgan fingerprint density at radius 1 is 1.38 bits per heavy atom. The number of nitriles is 1. The first-order chi connectivity index (χ1) is 7.61. The smallest absolute Gasteiger partial charge is 0.234 e. The second kappa shape index (κ2) is 3.95. The Bertz CT molecular complexity index is 519. The van der Waals surface area contributed by atoms with Crippen LogP contribution in [0.5, 0.6) is 0 Å². The number of Topliss-reactive ketones (excluding diaryl/α,β-unsaturated/α-hetero) is 1. The summed E-state index contributed by atoms with van der Waals surface area (Å²) in [6.45, 7) is 0.0747. The fourth-order valence-electron chi connectivity index (χ4n) is 1.59. The number of nitrogens with zero attached hydrogens (tertiary/aromatic N) is 2. The van der Waals surface area contributed by atoms with Crippen molar-refractivity contribution >= 4 is 29.0 Å². The van der Waals surface area contributed by atoms with Gasteiger partial charge >= 0.3 is 0 Å². The zero-order chi connectivity index (χ0) is 11.7. The third-order valence-corrected chi connectivity index (χ3v) is 2.70. The normalized spacial score (nSPS) is 15.4. The van der Waals surface area contributed by atoms with E-state index >= 15 is 0 Å². The molecule has 0 N–H and O–H groups in total. The molecule has 0 spiro atoms. The molecule has 0 aliphatic carbocycles. The second-order valence-electron chi connectivity index (χ2n) is 3.47. The van der Waals surface area contributed by atoms with Gasteiger partial charge in [-0.25, -0.2) is 0 Å². The van der Waals surface area contributed by atoms with Crippen LogP contribution in [0.15, 0.2) is 18.2 Å². The van der Waals surface area contributed by atoms with Crippen molar-refractivity contribution in [3.63, 3.8) is 0 Å². The number of rotatable bonds is 1. The standard InChI is InChI=1S/C11H7ClN2O2/c12-10-2-1-8(3-7(10)5-13)14-6-9(15)4-11(14)16/h1-3H,4,6H2. The molecule has 0 bridgehead atoms. The zero-order valence-electron chi connectivity index (χ0n) is 8.24. The summed E-state index contributed by atoms with van der Waals surface area (Å²) in [7, 11) is 0. The maximum Gasteiger partial charge on any atom is 0.234 e. The Labute approximate surface area is 97.0 Å². The molecule has 1 aliphatic rings. The molecule has 1 aromatic rings. The summed E-state index contributed by atoms with van der Waals surface area (Å²) in [4.78, 5) is 23.9. The molecule has 0 unspecified atom stereocenters. The van der Waals surface area contributed by atoms with Crippen LogP contribution in [0.2, 0.25) is 5.02 Å². The van der Waals surface area contributed by atoms with Gasteiger partial charge in [0.2, 0.25) is 5.91 Å². The van der Waals surface area contributed by atoms with E-state index in [0.29, 0.717) is 16.3 Å². The van der Waals surface area contributed by atoms with Gasteiger partial charge < -0.3 is 4.90 Å². The van der Waals surface area contributed by atoms with Crippen LogP contribution in [-0.2, 0) is 9.59 Å². The molecule has 1 fully saturated rings. The summed E-state index contributed by atoms with van der Waals surface area (Å²) in [6, 6.07) is 6.61. The van der Waals surface area contributed by atoms with Gasteiger partial charge in [-0.05, 0) is 18.2 Å². The van der Waals surface area contributed by atoms with Crippen LogP contribution >= 0.6 is 11.6 Å². The van der Waals surface area contributed by atoms with Gasteiger partial charge in [-0.1, -0.05) is 11.6 Å². The fraction of sp³-hybridized carbons (Fsp3) is 0.182. The predicted octanol–water partition coefficient (Wildman–Crippen LogP) is 1.52. The number of carbonyl (C=O) groups excluding carboxylic acids is 2. The maximum atomic E-state index is 11.5. The lowest BCUT2D eigenvalue weighted by Crippen LogP contribution is -2.24. The lowest BCUT2D eigenvalue weighted by molar-refractivity contribution is -0.121. The molecule has 4 nitrogen and oxygen atoms in total. The number of hydrogen-bond acceptors (Lipinski definition) is 3. The molecule has 16 heavy (non-hydrogen) atoms. The summed E-state index contributed by atoms with van der Waals surface area (Å²) in [5.74, 6) is -0.352. The Morgan fingerprint density at radius 3 is 2.69 bits per heavy atom. The molecule has 1 amide bonds. The van der Waals surface area contributed by atoms with E-state index in [1.807, 2.05) is 6.07 Å². The summed E-state index contributed by atoms with van der Waals surface area (Å²) < 4.78 is 0. The molecule has 0 atom stereocenters. The van der Waals surface area contributed by atoms with Gasteiger partial charge in [0.05, 0.1) is 23.6 Å². The SMILES string of the molecule is N#Cc1cc(N2CC(=O)CC2=O)ccc1Cl. The topological polar surface area (TPSA) is 61.2 Å². The van der Waals surface area contributed by atoms with Crippen molar-refractivity contribution < 1.29 is 9.59 Å². The van der Waals surface area contributed by atoms with Crippen LogP contribution in [0, 0.1) is 11.3 Å². The Balaban J connectivity index is 2.39. The van der Waals surface area contributed by atoms with Gasteiger partial charge in [-0.15, -0.1) is 0 Å². The average molecular weight is 235 g/mol. The van der Waals surface area contributed by atoms with Crippen molar-refractivity contribution in [1.29, 1.82) is 5.26 Å². The molecule has 80 valence electrons. The molecule has 1 heterocycles. The van der Waals surface area contributed by atoms with E-state index in [1.54, 1.807) is 12.1 Å². The van der Waals surface area contributed by atoms with Gasteiger partial charge in [-0.3, -0.25) is 9.59 Å². The molecular formula is C11H7ClN2O2. The van der Waals surface area contributed by atoms with Gasteiger partial charge in [0.1, 0.15) is 6.07 Å². The van der Waals surface area contributed by atoms with E-state index in [4.69, 9.17) is 16.9 Å². The van der Waals surface area contributed by atoms with Crippen molar-refractivity contribution in [1.82, 2.24) is 0 Å². The van der Waals surface area contributed by atoms with Crippen molar-refractivity contribution in [2.45, 2.75) is 6.42 Å². The number of anilines is 1. The number of halogens is 1. The number of carbonyl (C=O) groups is 2. The van der Waals surface area contributed by atoms with E-state index in [1.165, 1.54) is 11.0 Å². The van der Waals surface area contributed by atoms with Crippen molar-refractivity contribution in [2.75, 3.05) is 11.4 Å². The van der Waals surface area contributed by atoms with Crippen molar-refractivity contribution in [3.8, 4) is 6.07 Å². The first-order valence-corrected chi connectivity index (χ1v) is 5.01. The predicted molar refractivity (Wildman–Crippen MR) is 58.1 cm³/mol. The van der Waals surface area contributed by atoms with Crippen LogP contribution in [0.3, 0.4) is 0 Å². The first kappa shape index (κ1) is 10.7. The lowest BCUT2D eigenvalue weighted by atomic mass is 10.2. The van der Waals surface area contributed by atoms with Crippen LogP contribution in [0.4, 0.5) is 5.69 Å². The van der Waals surface area contributed by atoms with Crippen molar-refractivity contribution in [2.24, 2.45) is 0 Å². The second-order valence-corrected chi connectivity index (χ2v) is 3.88. The van der Waals surface area contributed by atoms with E-state index in [-0.39, 0.29) is 24.7 Å². The van der Waals surface area contributed by atoms with Gasteiger partial charge in [0.15, 0.2) is 5.78 Å². The minimum atomic E-state index is -0.240. The summed E-state index contributed by atoms with van der Waals surface area (Å²) >= 11 is 5.78. The Kier molecular flexibility index (Phi) is 2.63. The minimum Gasteiger partial charge on any atom is -0.305 e. The number of benzene rings is 1.